The molecule has 3 aromatic rings. The first-order chi connectivity index (χ1) is 14.2. The Hall–Kier alpha value is -3.45. The molecule has 3 aromatic carbocycles. The zero-order valence-corrected chi connectivity index (χ0v) is 17.3. The van der Waals surface area contributed by atoms with Crippen molar-refractivity contribution in [1.29, 1.82) is 0 Å². The van der Waals surface area contributed by atoms with E-state index in [9.17, 15) is 18.0 Å². The molecule has 1 amide bonds. The molecule has 4 rings (SSSR count). The molecule has 0 saturated heterocycles. The molecule has 30 heavy (non-hydrogen) atoms. The van der Waals surface area contributed by atoms with Crippen LogP contribution >= 0.6 is 0 Å². The summed E-state index contributed by atoms with van der Waals surface area (Å²) in [5.41, 5.74) is 4.26. The molecule has 152 valence electrons. The van der Waals surface area contributed by atoms with Crippen LogP contribution in [0.3, 0.4) is 0 Å². The van der Waals surface area contributed by atoms with Crippen LogP contribution in [-0.2, 0) is 10.0 Å². The number of carbonyl (C=O) groups excluding carboxylic acids is 2. The number of nitrogens with one attached hydrogen (secondary N) is 2. The summed E-state index contributed by atoms with van der Waals surface area (Å²) in [6.07, 6.45) is 1.08. The number of amides is 1. The minimum Gasteiger partial charge on any atom is -0.345 e. The third-order valence-corrected chi connectivity index (χ3v) is 5.65. The lowest BCUT2D eigenvalue weighted by Crippen LogP contribution is -2.27. The molecule has 7 heteroatoms. The molecule has 6 nitrogen and oxygen atoms in total. The molecule has 0 fully saturated rings. The Morgan fingerprint density at radius 1 is 0.867 bits per heavy atom. The zero-order chi connectivity index (χ0) is 21.5. The normalized spacial score (nSPS) is 13.3. The third-order valence-electron chi connectivity index (χ3n) is 5.06. The Kier molecular flexibility index (Phi) is 4.91. The molecule has 0 aliphatic heterocycles. The standard InChI is InChI=1S/C23H20N2O4S/c1-14(16-7-5-6-10-21(16)25-30(2,28)29)24-23(27)15-11-12-18-17-8-3-4-9-19(17)22(26)20(18)13-15/h3-14,25H,1-2H3,(H,24,27). The number of para-hydroxylation sites is 1. The highest BCUT2D eigenvalue weighted by molar-refractivity contribution is 7.92. The summed E-state index contributed by atoms with van der Waals surface area (Å²) in [7, 11) is -3.45. The molecule has 0 saturated carbocycles. The summed E-state index contributed by atoms with van der Waals surface area (Å²) in [4.78, 5) is 25.5. The number of rotatable bonds is 5. The highest BCUT2D eigenvalue weighted by atomic mass is 32.2. The number of benzene rings is 3. The minimum atomic E-state index is -3.45. The first kappa shape index (κ1) is 19.8. The van der Waals surface area contributed by atoms with Crippen LogP contribution in [-0.4, -0.2) is 26.4 Å². The van der Waals surface area contributed by atoms with E-state index in [2.05, 4.69) is 10.0 Å². The molecule has 1 aliphatic carbocycles. The van der Waals surface area contributed by atoms with Crippen molar-refractivity contribution in [1.82, 2.24) is 5.32 Å². The van der Waals surface area contributed by atoms with E-state index in [1.54, 1.807) is 55.5 Å². The first-order valence-corrected chi connectivity index (χ1v) is 11.3. The van der Waals surface area contributed by atoms with Gasteiger partial charge in [-0.3, -0.25) is 14.3 Å². The monoisotopic (exact) mass is 420 g/mol. The molecule has 2 N–H and O–H groups in total. The Bertz CT molecular complexity index is 1280. The highest BCUT2D eigenvalue weighted by Gasteiger charge is 2.27. The predicted molar refractivity (Wildman–Crippen MR) is 116 cm³/mol. The van der Waals surface area contributed by atoms with Crippen LogP contribution in [0.1, 0.15) is 44.8 Å². The Morgan fingerprint density at radius 3 is 2.23 bits per heavy atom. The second-order valence-corrected chi connectivity index (χ2v) is 9.04. The molecule has 1 aliphatic rings. The van der Waals surface area contributed by atoms with Gasteiger partial charge in [-0.05, 0) is 41.8 Å². The van der Waals surface area contributed by atoms with Gasteiger partial charge in [0.2, 0.25) is 10.0 Å². The summed E-state index contributed by atoms with van der Waals surface area (Å²) >= 11 is 0. The van der Waals surface area contributed by atoms with E-state index in [1.807, 2.05) is 18.2 Å². The summed E-state index contributed by atoms with van der Waals surface area (Å²) in [5.74, 6) is -0.436. The Labute approximate surface area is 175 Å². The van der Waals surface area contributed by atoms with Crippen molar-refractivity contribution in [2.24, 2.45) is 0 Å². The second-order valence-electron chi connectivity index (χ2n) is 7.29. The maximum atomic E-state index is 12.8. The van der Waals surface area contributed by atoms with Crippen LogP contribution in [0, 0.1) is 0 Å². The van der Waals surface area contributed by atoms with Gasteiger partial charge in [0.25, 0.3) is 5.91 Å². The lowest BCUT2D eigenvalue weighted by atomic mass is 10.0. The predicted octanol–water partition coefficient (Wildman–Crippen LogP) is 3.76. The number of sulfonamides is 1. The van der Waals surface area contributed by atoms with Gasteiger partial charge in [0.15, 0.2) is 5.78 Å². The topological polar surface area (TPSA) is 92.3 Å². The van der Waals surface area contributed by atoms with E-state index in [4.69, 9.17) is 0 Å². The van der Waals surface area contributed by atoms with Crippen molar-refractivity contribution in [2.45, 2.75) is 13.0 Å². The maximum absolute atomic E-state index is 12.8. The van der Waals surface area contributed by atoms with Crippen LogP contribution in [0.15, 0.2) is 66.7 Å². The van der Waals surface area contributed by atoms with Crippen molar-refractivity contribution in [3.63, 3.8) is 0 Å². The highest BCUT2D eigenvalue weighted by Crippen LogP contribution is 2.36. The van der Waals surface area contributed by atoms with Crippen LogP contribution in [0.4, 0.5) is 5.69 Å². The maximum Gasteiger partial charge on any atom is 0.251 e. The summed E-state index contributed by atoms with van der Waals surface area (Å²) < 4.78 is 25.7. The number of ketones is 1. The lowest BCUT2D eigenvalue weighted by molar-refractivity contribution is 0.0940. The smallest absolute Gasteiger partial charge is 0.251 e. The molecular formula is C23H20N2O4S. The van der Waals surface area contributed by atoms with E-state index in [-0.39, 0.29) is 11.7 Å². The second kappa shape index (κ2) is 7.42. The number of hydrogen-bond acceptors (Lipinski definition) is 4. The number of carbonyl (C=O) groups is 2. The van der Waals surface area contributed by atoms with Gasteiger partial charge in [-0.1, -0.05) is 48.5 Å². The van der Waals surface area contributed by atoms with Crippen molar-refractivity contribution in [3.05, 3.63) is 89.0 Å². The lowest BCUT2D eigenvalue weighted by Gasteiger charge is -2.18. The molecular weight excluding hydrogens is 400 g/mol. The average molecular weight is 420 g/mol. The van der Waals surface area contributed by atoms with Crippen LogP contribution < -0.4 is 10.0 Å². The van der Waals surface area contributed by atoms with Crippen molar-refractivity contribution in [3.8, 4) is 11.1 Å². The van der Waals surface area contributed by atoms with Crippen LogP contribution in [0.25, 0.3) is 11.1 Å². The molecule has 1 atom stereocenters. The quantitative estimate of drug-likeness (QED) is 0.514. The van der Waals surface area contributed by atoms with Crippen molar-refractivity contribution in [2.75, 3.05) is 11.0 Å². The SMILES string of the molecule is CC(NC(=O)c1ccc2c(c1)C(=O)c1ccccc1-2)c1ccccc1NS(C)(=O)=O. The van der Waals surface area contributed by atoms with E-state index >= 15 is 0 Å². The van der Waals surface area contributed by atoms with Gasteiger partial charge in [-0.25, -0.2) is 8.42 Å². The zero-order valence-electron chi connectivity index (χ0n) is 16.5. The molecule has 0 spiro atoms. The van der Waals surface area contributed by atoms with E-state index in [0.29, 0.717) is 27.9 Å². The summed E-state index contributed by atoms with van der Waals surface area (Å²) in [6.45, 7) is 1.77. The molecule has 0 heterocycles. The number of fused-ring (bicyclic) bond motifs is 3. The fourth-order valence-electron chi connectivity index (χ4n) is 3.69. The van der Waals surface area contributed by atoms with E-state index in [1.165, 1.54) is 0 Å². The molecule has 0 radical (unpaired) electrons. The van der Waals surface area contributed by atoms with Crippen LogP contribution in [0.2, 0.25) is 0 Å². The largest absolute Gasteiger partial charge is 0.345 e. The van der Waals surface area contributed by atoms with Gasteiger partial charge in [-0.15, -0.1) is 0 Å². The summed E-state index contributed by atoms with van der Waals surface area (Å²) in [6, 6.07) is 18.9. The van der Waals surface area contributed by atoms with Gasteiger partial charge < -0.3 is 5.32 Å². The van der Waals surface area contributed by atoms with Gasteiger partial charge >= 0.3 is 0 Å². The molecule has 1 unspecified atom stereocenters. The van der Waals surface area contributed by atoms with E-state index in [0.717, 1.165) is 17.4 Å². The van der Waals surface area contributed by atoms with Crippen LogP contribution in [0.5, 0.6) is 0 Å². The van der Waals surface area contributed by atoms with Gasteiger partial charge in [0, 0.05) is 16.7 Å². The third kappa shape index (κ3) is 3.71. The fraction of sp³-hybridized carbons (Fsp3) is 0.130. The Morgan fingerprint density at radius 2 is 1.50 bits per heavy atom. The fourth-order valence-corrected chi connectivity index (χ4v) is 4.28. The number of anilines is 1. The van der Waals surface area contributed by atoms with Crippen molar-refractivity contribution < 1.29 is 18.0 Å². The average Bonchev–Trinajstić information content (AvgIpc) is 2.99. The molecule has 0 bridgehead atoms. The summed E-state index contributed by atoms with van der Waals surface area (Å²) in [5, 5.41) is 2.88. The number of hydrogen-bond donors (Lipinski definition) is 2. The van der Waals surface area contributed by atoms with Gasteiger partial charge in [-0.2, -0.15) is 0 Å². The minimum absolute atomic E-state index is 0.0917. The van der Waals surface area contributed by atoms with Crippen molar-refractivity contribution >= 4 is 27.4 Å². The van der Waals surface area contributed by atoms with Gasteiger partial charge in [0.1, 0.15) is 0 Å². The Balaban J connectivity index is 1.58. The first-order valence-electron chi connectivity index (χ1n) is 9.40. The molecule has 0 aromatic heterocycles. The van der Waals surface area contributed by atoms with Gasteiger partial charge in [0.05, 0.1) is 18.0 Å². The van der Waals surface area contributed by atoms with E-state index < -0.39 is 16.1 Å².